The van der Waals surface area contributed by atoms with Gasteiger partial charge in [-0.25, -0.2) is 4.39 Å². The molecule has 7 nitrogen and oxygen atoms in total. The number of rotatable bonds is 9. The van der Waals surface area contributed by atoms with E-state index in [0.717, 1.165) is 16.8 Å². The van der Waals surface area contributed by atoms with E-state index in [1.807, 2.05) is 47.9 Å². The minimum absolute atomic E-state index is 0.142. The van der Waals surface area contributed by atoms with Gasteiger partial charge in [-0.3, -0.25) is 14.3 Å². The van der Waals surface area contributed by atoms with E-state index in [1.54, 1.807) is 24.5 Å². The van der Waals surface area contributed by atoms with Gasteiger partial charge in [0.25, 0.3) is 0 Å². The minimum atomic E-state index is -0.309. The first-order chi connectivity index (χ1) is 16.2. The average Bonchev–Trinajstić information content (AvgIpc) is 3.27. The van der Waals surface area contributed by atoms with Gasteiger partial charge in [0.2, 0.25) is 5.91 Å². The lowest BCUT2D eigenvalue weighted by Crippen LogP contribution is -2.24. The lowest BCUT2D eigenvalue weighted by molar-refractivity contribution is -0.118. The molecule has 33 heavy (non-hydrogen) atoms. The van der Waals surface area contributed by atoms with Gasteiger partial charge in [-0.15, -0.1) is 10.2 Å². The smallest absolute Gasteiger partial charge is 0.230 e. The summed E-state index contributed by atoms with van der Waals surface area (Å²) in [5, 5.41) is 12.1. The standard InChI is InChI=1S/C24H22FN5O2S/c1-2-32-21-8-4-3-7-20(21)30-23(18-6-5-13-26-15-18)28-29-24(30)33-16-22(31)27-14-17-9-11-19(25)12-10-17/h3-13,15H,2,14,16H2,1H3,(H,27,31). The molecule has 1 amide bonds. The predicted octanol–water partition coefficient (Wildman–Crippen LogP) is 4.28. The number of pyridine rings is 1. The molecule has 2 aromatic heterocycles. The van der Waals surface area contributed by atoms with E-state index in [1.165, 1.54) is 23.9 Å². The Kier molecular flexibility index (Phi) is 7.31. The summed E-state index contributed by atoms with van der Waals surface area (Å²) in [6, 6.07) is 17.4. The fourth-order valence-corrected chi connectivity index (χ4v) is 3.94. The second-order valence-electron chi connectivity index (χ2n) is 6.98. The maximum absolute atomic E-state index is 13.1. The summed E-state index contributed by atoms with van der Waals surface area (Å²) in [5.41, 5.74) is 2.39. The highest BCUT2D eigenvalue weighted by Crippen LogP contribution is 2.32. The van der Waals surface area contributed by atoms with Crippen molar-refractivity contribution in [3.05, 3.63) is 84.4 Å². The molecule has 1 N–H and O–H groups in total. The fourth-order valence-electron chi connectivity index (χ4n) is 3.17. The first-order valence-corrected chi connectivity index (χ1v) is 11.4. The maximum Gasteiger partial charge on any atom is 0.230 e. The molecule has 9 heteroatoms. The number of hydrogen-bond acceptors (Lipinski definition) is 6. The van der Waals surface area contributed by atoms with Crippen LogP contribution in [0.4, 0.5) is 4.39 Å². The molecule has 2 heterocycles. The fraction of sp³-hybridized carbons (Fsp3) is 0.167. The van der Waals surface area contributed by atoms with Crippen LogP contribution < -0.4 is 10.1 Å². The molecule has 168 valence electrons. The van der Waals surface area contributed by atoms with Gasteiger partial charge in [0.05, 0.1) is 18.0 Å². The van der Waals surface area contributed by atoms with Crippen molar-refractivity contribution in [2.24, 2.45) is 0 Å². The largest absolute Gasteiger partial charge is 0.492 e. The number of nitrogens with zero attached hydrogens (tertiary/aromatic N) is 4. The maximum atomic E-state index is 13.1. The van der Waals surface area contributed by atoms with Crippen LogP contribution in [0.2, 0.25) is 0 Å². The first-order valence-electron chi connectivity index (χ1n) is 10.4. The van der Waals surface area contributed by atoms with Gasteiger partial charge in [0, 0.05) is 24.5 Å². The quantitative estimate of drug-likeness (QED) is 0.373. The highest BCUT2D eigenvalue weighted by atomic mass is 32.2. The molecule has 0 bridgehead atoms. The third-order valence-electron chi connectivity index (χ3n) is 4.69. The molecule has 2 aromatic carbocycles. The summed E-state index contributed by atoms with van der Waals surface area (Å²) in [4.78, 5) is 16.6. The van der Waals surface area contributed by atoms with E-state index < -0.39 is 0 Å². The summed E-state index contributed by atoms with van der Waals surface area (Å²) in [6.07, 6.45) is 3.41. The third kappa shape index (κ3) is 5.56. The normalized spacial score (nSPS) is 10.7. The molecule has 0 aliphatic carbocycles. The van der Waals surface area contributed by atoms with Crippen LogP contribution in [0.25, 0.3) is 17.1 Å². The van der Waals surface area contributed by atoms with Crippen LogP contribution in [0.3, 0.4) is 0 Å². The van der Waals surface area contributed by atoms with Gasteiger partial charge in [-0.2, -0.15) is 0 Å². The van der Waals surface area contributed by atoms with Crippen molar-refractivity contribution in [3.63, 3.8) is 0 Å². The highest BCUT2D eigenvalue weighted by Gasteiger charge is 2.20. The molecule has 0 saturated heterocycles. The second-order valence-corrected chi connectivity index (χ2v) is 7.92. The molecule has 0 radical (unpaired) electrons. The van der Waals surface area contributed by atoms with Crippen molar-refractivity contribution in [1.82, 2.24) is 25.1 Å². The molecular weight excluding hydrogens is 441 g/mol. The van der Waals surface area contributed by atoms with Crippen molar-refractivity contribution in [2.45, 2.75) is 18.6 Å². The summed E-state index contributed by atoms with van der Waals surface area (Å²) < 4.78 is 20.8. The van der Waals surface area contributed by atoms with Crippen molar-refractivity contribution in [3.8, 4) is 22.8 Å². The van der Waals surface area contributed by atoms with Crippen molar-refractivity contribution in [2.75, 3.05) is 12.4 Å². The molecule has 0 aliphatic rings. The lowest BCUT2D eigenvalue weighted by Gasteiger charge is -2.14. The summed E-state index contributed by atoms with van der Waals surface area (Å²) in [7, 11) is 0. The van der Waals surface area contributed by atoms with E-state index in [4.69, 9.17) is 4.74 Å². The summed E-state index contributed by atoms with van der Waals surface area (Å²) in [5.74, 6) is 0.956. The molecule has 0 atom stereocenters. The summed E-state index contributed by atoms with van der Waals surface area (Å²) >= 11 is 1.27. The van der Waals surface area contributed by atoms with E-state index in [9.17, 15) is 9.18 Å². The SMILES string of the molecule is CCOc1ccccc1-n1c(SCC(=O)NCc2ccc(F)cc2)nnc1-c1cccnc1. The number of hydrogen-bond donors (Lipinski definition) is 1. The van der Waals surface area contributed by atoms with Crippen molar-refractivity contribution >= 4 is 17.7 Å². The number of aromatic nitrogens is 4. The van der Waals surface area contributed by atoms with E-state index in [0.29, 0.717) is 29.9 Å². The molecular formula is C24H22FN5O2S. The van der Waals surface area contributed by atoms with Crippen LogP contribution in [0, 0.1) is 5.82 Å². The van der Waals surface area contributed by atoms with Crippen LogP contribution in [-0.4, -0.2) is 38.0 Å². The number of para-hydroxylation sites is 2. The Balaban J connectivity index is 1.56. The molecule has 4 rings (SSSR count). The third-order valence-corrected chi connectivity index (χ3v) is 5.62. The van der Waals surface area contributed by atoms with E-state index >= 15 is 0 Å². The van der Waals surface area contributed by atoms with Crippen molar-refractivity contribution in [1.29, 1.82) is 0 Å². The second kappa shape index (κ2) is 10.7. The Hall–Kier alpha value is -3.72. The van der Waals surface area contributed by atoms with Crippen LogP contribution in [-0.2, 0) is 11.3 Å². The zero-order valence-corrected chi connectivity index (χ0v) is 18.8. The number of thioether (sulfide) groups is 1. The number of amides is 1. The molecule has 0 aliphatic heterocycles. The highest BCUT2D eigenvalue weighted by molar-refractivity contribution is 7.99. The lowest BCUT2D eigenvalue weighted by atomic mass is 10.2. The monoisotopic (exact) mass is 463 g/mol. The van der Waals surface area contributed by atoms with Gasteiger partial charge in [0.1, 0.15) is 11.6 Å². The number of nitrogens with one attached hydrogen (secondary N) is 1. The van der Waals surface area contributed by atoms with Gasteiger partial charge in [-0.1, -0.05) is 36.0 Å². The van der Waals surface area contributed by atoms with Gasteiger partial charge in [0.15, 0.2) is 11.0 Å². The average molecular weight is 464 g/mol. The van der Waals surface area contributed by atoms with E-state index in [2.05, 4.69) is 20.5 Å². The molecule has 4 aromatic rings. The van der Waals surface area contributed by atoms with Crippen LogP contribution >= 0.6 is 11.8 Å². The Labute approximate surface area is 195 Å². The number of carbonyl (C=O) groups is 1. The van der Waals surface area contributed by atoms with Crippen molar-refractivity contribution < 1.29 is 13.9 Å². The minimum Gasteiger partial charge on any atom is -0.492 e. The molecule has 0 unspecified atom stereocenters. The van der Waals surface area contributed by atoms with Crippen LogP contribution in [0.15, 0.2) is 78.2 Å². The van der Waals surface area contributed by atoms with Gasteiger partial charge in [-0.05, 0) is 48.9 Å². The zero-order chi connectivity index (χ0) is 23.0. The Morgan fingerprint density at radius 1 is 1.09 bits per heavy atom. The zero-order valence-electron chi connectivity index (χ0n) is 17.9. The van der Waals surface area contributed by atoms with Gasteiger partial charge < -0.3 is 10.1 Å². The van der Waals surface area contributed by atoms with Crippen LogP contribution in [0.5, 0.6) is 5.75 Å². The first kappa shape index (κ1) is 22.5. The van der Waals surface area contributed by atoms with Crippen LogP contribution in [0.1, 0.15) is 12.5 Å². The topological polar surface area (TPSA) is 81.9 Å². The summed E-state index contributed by atoms with van der Waals surface area (Å²) in [6.45, 7) is 2.75. The number of halogens is 1. The predicted molar refractivity (Wildman–Crippen MR) is 125 cm³/mol. The Morgan fingerprint density at radius 3 is 2.67 bits per heavy atom. The molecule has 0 fully saturated rings. The van der Waals surface area contributed by atoms with Gasteiger partial charge >= 0.3 is 0 Å². The Bertz CT molecular complexity index is 1220. The molecule has 0 spiro atoms. The number of benzene rings is 2. The Morgan fingerprint density at radius 2 is 1.91 bits per heavy atom. The van der Waals surface area contributed by atoms with E-state index in [-0.39, 0.29) is 17.5 Å². The number of carbonyl (C=O) groups excluding carboxylic acids is 1. The molecule has 0 saturated carbocycles. The number of ether oxygens (including phenoxy) is 1.